The number of hydrogen-bond donors (Lipinski definition) is 0. The summed E-state index contributed by atoms with van der Waals surface area (Å²) in [4.78, 5) is 16.7. The van der Waals surface area contributed by atoms with Crippen molar-refractivity contribution >= 4 is 28.8 Å². The molecule has 0 saturated heterocycles. The molecule has 3 aromatic carbocycles. The number of carbonyl (C=O) groups excluding carboxylic acids is 1. The van der Waals surface area contributed by atoms with Crippen LogP contribution in [-0.4, -0.2) is 22.1 Å². The topological polar surface area (TPSA) is 44.1 Å². The van der Waals surface area contributed by atoms with Crippen LogP contribution >= 0.6 is 11.8 Å². The standard InChI is InChI=1S/C24H19F3N2O2S/c1-2-31-23(30)16-8-9-22-21(11-16)28-24(29(22)13-15-6-4-3-5-7-15)32-14-17-10-19(26)20(27)12-18(17)25/h3-12H,2,13-14H2,1H3. The zero-order valence-electron chi connectivity index (χ0n) is 17.1. The number of esters is 1. The normalized spacial score (nSPS) is 11.1. The molecule has 0 N–H and O–H groups in total. The Morgan fingerprint density at radius 2 is 1.75 bits per heavy atom. The van der Waals surface area contributed by atoms with Gasteiger partial charge in [0, 0.05) is 17.4 Å². The lowest BCUT2D eigenvalue weighted by molar-refractivity contribution is 0.0526. The number of halogens is 3. The van der Waals surface area contributed by atoms with Gasteiger partial charge in [0.05, 0.1) is 29.7 Å². The summed E-state index contributed by atoms with van der Waals surface area (Å²) in [5.41, 5.74) is 2.82. The Kier molecular flexibility index (Phi) is 6.50. The molecule has 0 amide bonds. The van der Waals surface area contributed by atoms with Gasteiger partial charge in [-0.3, -0.25) is 0 Å². The van der Waals surface area contributed by atoms with Crippen LogP contribution in [0.2, 0.25) is 0 Å². The molecule has 0 aliphatic heterocycles. The van der Waals surface area contributed by atoms with Gasteiger partial charge in [0.1, 0.15) is 5.82 Å². The molecule has 4 aromatic rings. The summed E-state index contributed by atoms with van der Waals surface area (Å²) in [5, 5.41) is 0.564. The van der Waals surface area contributed by atoms with E-state index in [0.717, 1.165) is 17.1 Å². The summed E-state index contributed by atoms with van der Waals surface area (Å²) in [5.74, 6) is -3.51. The van der Waals surface area contributed by atoms with Crippen molar-refractivity contribution in [1.82, 2.24) is 9.55 Å². The van der Waals surface area contributed by atoms with Crippen molar-refractivity contribution in [2.75, 3.05) is 6.61 Å². The van der Waals surface area contributed by atoms with E-state index in [9.17, 15) is 18.0 Å². The summed E-state index contributed by atoms with van der Waals surface area (Å²) in [6.45, 7) is 2.50. The molecule has 0 fully saturated rings. The van der Waals surface area contributed by atoms with Gasteiger partial charge in [-0.2, -0.15) is 0 Å². The smallest absolute Gasteiger partial charge is 0.338 e. The van der Waals surface area contributed by atoms with Crippen LogP contribution < -0.4 is 0 Å². The first-order valence-electron chi connectivity index (χ1n) is 9.93. The molecule has 1 aromatic heterocycles. The summed E-state index contributed by atoms with van der Waals surface area (Å²) < 4.78 is 47.9. The van der Waals surface area contributed by atoms with Gasteiger partial charge in [-0.25, -0.2) is 22.9 Å². The third kappa shape index (κ3) is 4.65. The highest BCUT2D eigenvalue weighted by Crippen LogP contribution is 2.30. The number of carbonyl (C=O) groups is 1. The van der Waals surface area contributed by atoms with Gasteiger partial charge in [0.25, 0.3) is 0 Å². The second-order valence-electron chi connectivity index (χ2n) is 7.04. The molecule has 8 heteroatoms. The molecule has 4 nitrogen and oxygen atoms in total. The van der Waals surface area contributed by atoms with Crippen LogP contribution in [0.5, 0.6) is 0 Å². The van der Waals surface area contributed by atoms with Crippen LogP contribution in [0.3, 0.4) is 0 Å². The maximum atomic E-state index is 14.1. The lowest BCUT2D eigenvalue weighted by Gasteiger charge is -2.10. The second kappa shape index (κ2) is 9.48. The first-order chi connectivity index (χ1) is 15.5. The maximum absolute atomic E-state index is 14.1. The Hall–Kier alpha value is -3.26. The van der Waals surface area contributed by atoms with Gasteiger partial charge in [-0.15, -0.1) is 0 Å². The summed E-state index contributed by atoms with van der Waals surface area (Å²) in [6, 6.07) is 16.2. The predicted octanol–water partition coefficient (Wildman–Crippen LogP) is 5.97. The van der Waals surface area contributed by atoms with Gasteiger partial charge >= 0.3 is 5.97 Å². The van der Waals surface area contributed by atoms with E-state index in [0.29, 0.717) is 28.8 Å². The number of fused-ring (bicyclic) bond motifs is 1. The summed E-state index contributed by atoms with van der Waals surface area (Å²) in [7, 11) is 0. The number of aromatic nitrogens is 2. The zero-order chi connectivity index (χ0) is 22.7. The summed E-state index contributed by atoms with van der Waals surface area (Å²) >= 11 is 1.20. The van der Waals surface area contributed by atoms with Crippen LogP contribution in [0, 0.1) is 17.5 Å². The minimum atomic E-state index is -1.22. The highest BCUT2D eigenvalue weighted by molar-refractivity contribution is 7.98. The van der Waals surface area contributed by atoms with E-state index in [-0.39, 0.29) is 17.9 Å². The number of benzene rings is 3. The largest absolute Gasteiger partial charge is 0.462 e. The monoisotopic (exact) mass is 456 g/mol. The van der Waals surface area contributed by atoms with Crippen LogP contribution in [0.25, 0.3) is 11.0 Å². The number of nitrogens with zero attached hydrogens (tertiary/aromatic N) is 2. The van der Waals surface area contributed by atoms with Gasteiger partial charge in [-0.1, -0.05) is 42.1 Å². The Balaban J connectivity index is 1.71. The molecule has 0 bridgehead atoms. The first-order valence-corrected chi connectivity index (χ1v) is 10.9. The van der Waals surface area contributed by atoms with Crippen LogP contribution in [0.15, 0.2) is 65.8 Å². The fraction of sp³-hybridized carbons (Fsp3) is 0.167. The van der Waals surface area contributed by atoms with Crippen molar-refractivity contribution in [2.45, 2.75) is 24.4 Å². The van der Waals surface area contributed by atoms with E-state index >= 15 is 0 Å². The zero-order valence-corrected chi connectivity index (χ0v) is 18.0. The molecule has 0 spiro atoms. The van der Waals surface area contributed by atoms with E-state index in [4.69, 9.17) is 4.74 Å². The predicted molar refractivity (Wildman–Crippen MR) is 117 cm³/mol. The van der Waals surface area contributed by atoms with Crippen LogP contribution in [-0.2, 0) is 17.0 Å². The van der Waals surface area contributed by atoms with E-state index in [1.165, 1.54) is 11.8 Å². The number of thioether (sulfide) groups is 1. The lowest BCUT2D eigenvalue weighted by Crippen LogP contribution is -2.05. The molecule has 0 aliphatic rings. The average molecular weight is 456 g/mol. The Labute approximate surface area is 187 Å². The molecule has 1 heterocycles. The van der Waals surface area contributed by atoms with Crippen molar-refractivity contribution in [3.8, 4) is 0 Å². The highest BCUT2D eigenvalue weighted by Gasteiger charge is 2.17. The van der Waals surface area contributed by atoms with Gasteiger partial charge in [0.2, 0.25) is 0 Å². The number of rotatable bonds is 7. The third-order valence-electron chi connectivity index (χ3n) is 4.85. The van der Waals surface area contributed by atoms with E-state index < -0.39 is 23.4 Å². The van der Waals surface area contributed by atoms with Crippen molar-refractivity contribution in [1.29, 1.82) is 0 Å². The average Bonchev–Trinajstić information content (AvgIpc) is 3.12. The number of imidazole rings is 1. The van der Waals surface area contributed by atoms with Crippen molar-refractivity contribution in [2.24, 2.45) is 0 Å². The van der Waals surface area contributed by atoms with E-state index in [1.807, 2.05) is 34.9 Å². The third-order valence-corrected chi connectivity index (χ3v) is 5.88. The second-order valence-corrected chi connectivity index (χ2v) is 7.98. The van der Waals surface area contributed by atoms with Crippen molar-refractivity contribution < 1.29 is 22.7 Å². The molecule has 32 heavy (non-hydrogen) atoms. The lowest BCUT2D eigenvalue weighted by atomic mass is 10.2. The fourth-order valence-corrected chi connectivity index (χ4v) is 4.28. The van der Waals surface area contributed by atoms with Crippen molar-refractivity contribution in [3.05, 3.63) is 94.8 Å². The fourth-order valence-electron chi connectivity index (χ4n) is 3.29. The molecule has 0 unspecified atom stereocenters. The quantitative estimate of drug-likeness (QED) is 0.195. The van der Waals surface area contributed by atoms with E-state index in [2.05, 4.69) is 4.98 Å². The molecule has 0 atom stereocenters. The molecule has 0 aliphatic carbocycles. The van der Waals surface area contributed by atoms with Gasteiger partial charge in [-0.05, 0) is 36.8 Å². The number of hydrogen-bond acceptors (Lipinski definition) is 4. The first kappa shape index (κ1) is 22.0. The molecular formula is C24H19F3N2O2S. The summed E-state index contributed by atoms with van der Waals surface area (Å²) in [6.07, 6.45) is 0. The molecule has 0 radical (unpaired) electrons. The maximum Gasteiger partial charge on any atom is 0.338 e. The Morgan fingerprint density at radius 1 is 1.00 bits per heavy atom. The minimum Gasteiger partial charge on any atom is -0.462 e. The highest BCUT2D eigenvalue weighted by atomic mass is 32.2. The molecule has 164 valence electrons. The molecule has 0 saturated carbocycles. The van der Waals surface area contributed by atoms with Crippen LogP contribution in [0.1, 0.15) is 28.4 Å². The van der Waals surface area contributed by atoms with E-state index in [1.54, 1.807) is 25.1 Å². The molecular weight excluding hydrogens is 437 g/mol. The van der Waals surface area contributed by atoms with Gasteiger partial charge in [0.15, 0.2) is 16.8 Å². The SMILES string of the molecule is CCOC(=O)c1ccc2c(c1)nc(SCc1cc(F)c(F)cc1F)n2Cc1ccccc1. The Morgan fingerprint density at radius 3 is 2.50 bits per heavy atom. The van der Waals surface area contributed by atoms with Crippen molar-refractivity contribution in [3.63, 3.8) is 0 Å². The Bertz CT molecular complexity index is 1280. The van der Waals surface area contributed by atoms with Gasteiger partial charge < -0.3 is 9.30 Å². The molecule has 4 rings (SSSR count). The minimum absolute atomic E-state index is 0.0411. The van der Waals surface area contributed by atoms with Crippen LogP contribution in [0.4, 0.5) is 13.2 Å². The number of ether oxygens (including phenoxy) is 1.